The summed E-state index contributed by atoms with van der Waals surface area (Å²) in [6.07, 6.45) is 0.968. The molecule has 3 atom stereocenters. The van der Waals surface area contributed by atoms with Crippen molar-refractivity contribution in [2.75, 3.05) is 39.2 Å². The minimum absolute atomic E-state index is 0.0950. The van der Waals surface area contributed by atoms with E-state index in [1.807, 2.05) is 0 Å². The summed E-state index contributed by atoms with van der Waals surface area (Å²) >= 11 is 0. The van der Waals surface area contributed by atoms with E-state index in [1.165, 1.54) is 6.07 Å². The summed E-state index contributed by atoms with van der Waals surface area (Å²) in [6.45, 7) is 2.84. The molecule has 2 aliphatic rings. The molecule has 0 radical (unpaired) electrons. The lowest BCUT2D eigenvalue weighted by Crippen LogP contribution is -2.54. The van der Waals surface area contributed by atoms with E-state index in [9.17, 15) is 14.4 Å². The van der Waals surface area contributed by atoms with E-state index in [2.05, 4.69) is 15.8 Å². The predicted octanol–water partition coefficient (Wildman–Crippen LogP) is 1.77. The molecule has 1 saturated heterocycles. The number of hydrogen-bond acceptors (Lipinski definition) is 8. The predicted molar refractivity (Wildman–Crippen MR) is 124 cm³/mol. The number of carbonyl (C=O) groups is 3. The Hall–Kier alpha value is -3.44. The first kappa shape index (κ1) is 24.7. The van der Waals surface area contributed by atoms with Gasteiger partial charge in [-0.2, -0.15) is 0 Å². The lowest BCUT2D eigenvalue weighted by atomic mass is 9.94. The van der Waals surface area contributed by atoms with Crippen molar-refractivity contribution < 1.29 is 33.1 Å². The first-order chi connectivity index (χ1) is 16.9. The van der Waals surface area contributed by atoms with E-state index >= 15 is 0 Å². The van der Waals surface area contributed by atoms with Crippen LogP contribution in [-0.4, -0.2) is 79.9 Å². The molecule has 1 fully saturated rings. The smallest absolute Gasteiger partial charge is 0.277 e. The number of fused-ring (bicyclic) bond motifs is 2. The fourth-order valence-corrected chi connectivity index (χ4v) is 4.35. The number of aryl methyl sites for hydroxylation is 1. The summed E-state index contributed by atoms with van der Waals surface area (Å²) in [7, 11) is 3.32. The van der Waals surface area contributed by atoms with Crippen LogP contribution in [0.2, 0.25) is 0 Å². The van der Waals surface area contributed by atoms with Gasteiger partial charge in [0.2, 0.25) is 5.91 Å². The highest BCUT2D eigenvalue weighted by atomic mass is 16.5. The lowest BCUT2D eigenvalue weighted by molar-refractivity contribution is -0.134. The second-order valence-electron chi connectivity index (χ2n) is 8.70. The van der Waals surface area contributed by atoms with Crippen molar-refractivity contribution in [2.24, 2.45) is 0 Å². The molecular formula is C24H30N4O7. The molecule has 1 aromatic heterocycles. The first-order valence-corrected chi connectivity index (χ1v) is 11.6. The van der Waals surface area contributed by atoms with E-state index in [4.69, 9.17) is 18.7 Å². The van der Waals surface area contributed by atoms with Crippen LogP contribution in [0.5, 0.6) is 5.75 Å². The van der Waals surface area contributed by atoms with Crippen LogP contribution in [-0.2, 0) is 14.3 Å². The lowest BCUT2D eigenvalue weighted by Gasteiger charge is -2.42. The van der Waals surface area contributed by atoms with Gasteiger partial charge in [-0.15, -0.1) is 0 Å². The standard InChI is InChI=1S/C24H30N4O7/c1-14-10-18(27-35-14)23(30)26-15-4-7-20-17(11-15)24(31)28(2)19-6-5-16(34-21(19)13-33-20)12-22(29)25-8-9-32-3/h4,7,10-11,16,19,21H,5-6,8-9,12-13H2,1-3H3,(H,25,29)(H,26,30)/t16-,19-,21+/m1/s1. The van der Waals surface area contributed by atoms with Gasteiger partial charge in [0.25, 0.3) is 11.8 Å². The Labute approximate surface area is 203 Å². The molecule has 2 N–H and O–H groups in total. The highest BCUT2D eigenvalue weighted by Crippen LogP contribution is 2.32. The van der Waals surface area contributed by atoms with Gasteiger partial charge in [0.05, 0.1) is 30.7 Å². The number of rotatable bonds is 7. The number of nitrogens with zero attached hydrogens (tertiary/aromatic N) is 2. The number of anilines is 1. The van der Waals surface area contributed by atoms with E-state index in [0.717, 1.165) is 0 Å². The highest BCUT2D eigenvalue weighted by Gasteiger charge is 2.39. The van der Waals surface area contributed by atoms with E-state index in [0.29, 0.717) is 48.8 Å². The minimum Gasteiger partial charge on any atom is -0.490 e. The summed E-state index contributed by atoms with van der Waals surface area (Å²) in [5.41, 5.74) is 0.939. The summed E-state index contributed by atoms with van der Waals surface area (Å²) < 4.78 is 22.0. The molecule has 3 heterocycles. The molecule has 0 saturated carbocycles. The number of ether oxygens (including phenoxy) is 3. The van der Waals surface area contributed by atoms with Gasteiger partial charge in [-0.3, -0.25) is 14.4 Å². The molecule has 1 aromatic carbocycles. The van der Waals surface area contributed by atoms with Gasteiger partial charge in [-0.05, 0) is 38.0 Å². The monoisotopic (exact) mass is 486 g/mol. The Bertz CT molecular complexity index is 1090. The maximum atomic E-state index is 13.3. The number of aromatic nitrogens is 1. The van der Waals surface area contributed by atoms with Crippen molar-refractivity contribution >= 4 is 23.4 Å². The number of likely N-dealkylation sites (N-methyl/N-ethyl adjacent to an activating group) is 1. The van der Waals surface area contributed by atoms with E-state index in [-0.39, 0.29) is 48.8 Å². The average molecular weight is 487 g/mol. The molecule has 35 heavy (non-hydrogen) atoms. The largest absolute Gasteiger partial charge is 0.490 e. The maximum absolute atomic E-state index is 13.3. The van der Waals surface area contributed by atoms with Gasteiger partial charge >= 0.3 is 0 Å². The Kier molecular flexibility index (Phi) is 7.67. The van der Waals surface area contributed by atoms with Crippen molar-refractivity contribution in [2.45, 2.75) is 44.4 Å². The molecule has 2 aliphatic heterocycles. The molecule has 0 bridgehead atoms. The summed E-state index contributed by atoms with van der Waals surface area (Å²) in [5, 5.41) is 9.25. The van der Waals surface area contributed by atoms with Crippen molar-refractivity contribution in [3.05, 3.63) is 41.3 Å². The number of benzene rings is 1. The second kappa shape index (κ2) is 10.9. The summed E-state index contributed by atoms with van der Waals surface area (Å²) in [6, 6.07) is 6.24. The second-order valence-corrected chi connectivity index (χ2v) is 8.70. The molecule has 3 amide bonds. The van der Waals surface area contributed by atoms with Gasteiger partial charge in [-0.25, -0.2) is 0 Å². The molecule has 0 spiro atoms. The molecule has 11 heteroatoms. The topological polar surface area (TPSA) is 132 Å². The normalized spacial score (nSPS) is 21.7. The third-order valence-corrected chi connectivity index (χ3v) is 6.17. The van der Waals surface area contributed by atoms with Gasteiger partial charge in [0.1, 0.15) is 24.2 Å². The molecule has 2 aromatic rings. The maximum Gasteiger partial charge on any atom is 0.277 e. The summed E-state index contributed by atoms with van der Waals surface area (Å²) in [5.74, 6) is 0.160. The van der Waals surface area contributed by atoms with Gasteiger partial charge in [0.15, 0.2) is 5.69 Å². The van der Waals surface area contributed by atoms with Gasteiger partial charge in [-0.1, -0.05) is 5.16 Å². The van der Waals surface area contributed by atoms with Crippen LogP contribution in [0.25, 0.3) is 0 Å². The van der Waals surface area contributed by atoms with Crippen LogP contribution in [0.3, 0.4) is 0 Å². The quantitative estimate of drug-likeness (QED) is 0.566. The van der Waals surface area contributed by atoms with Crippen LogP contribution in [0, 0.1) is 6.92 Å². The van der Waals surface area contributed by atoms with E-state index in [1.54, 1.807) is 44.2 Å². The Morgan fingerprint density at radius 2 is 2.09 bits per heavy atom. The number of methoxy groups -OCH3 is 1. The van der Waals surface area contributed by atoms with Crippen LogP contribution in [0.4, 0.5) is 5.69 Å². The number of carbonyl (C=O) groups excluding carboxylic acids is 3. The van der Waals surface area contributed by atoms with E-state index < -0.39 is 5.91 Å². The molecular weight excluding hydrogens is 456 g/mol. The van der Waals surface area contributed by atoms with Crippen LogP contribution in [0.15, 0.2) is 28.8 Å². The molecule has 0 unspecified atom stereocenters. The van der Waals surface area contributed by atoms with Crippen molar-refractivity contribution in [3.63, 3.8) is 0 Å². The third kappa shape index (κ3) is 5.80. The third-order valence-electron chi connectivity index (χ3n) is 6.17. The SMILES string of the molecule is COCCNC(=O)C[C@H]1CC[C@@H]2[C@H](COc3ccc(NC(=O)c4cc(C)on4)cc3C(=O)N2C)O1. The van der Waals surface area contributed by atoms with Crippen molar-refractivity contribution in [3.8, 4) is 5.75 Å². The highest BCUT2D eigenvalue weighted by molar-refractivity contribution is 6.04. The van der Waals surface area contributed by atoms with Crippen LogP contribution >= 0.6 is 0 Å². The molecule has 0 aliphatic carbocycles. The Morgan fingerprint density at radius 1 is 1.26 bits per heavy atom. The number of nitrogens with one attached hydrogen (secondary N) is 2. The Morgan fingerprint density at radius 3 is 2.83 bits per heavy atom. The first-order valence-electron chi connectivity index (χ1n) is 11.6. The average Bonchev–Trinajstić information content (AvgIpc) is 3.28. The molecule has 188 valence electrons. The fraction of sp³-hybridized carbons (Fsp3) is 0.500. The fourth-order valence-electron chi connectivity index (χ4n) is 4.35. The van der Waals surface area contributed by atoms with Gasteiger partial charge < -0.3 is 34.3 Å². The zero-order chi connectivity index (χ0) is 24.9. The molecule has 11 nitrogen and oxygen atoms in total. The number of amides is 3. The van der Waals surface area contributed by atoms with Crippen molar-refractivity contribution in [1.29, 1.82) is 0 Å². The molecule has 4 rings (SSSR count). The van der Waals surface area contributed by atoms with Crippen LogP contribution in [0.1, 0.15) is 45.9 Å². The number of hydrogen-bond donors (Lipinski definition) is 2. The van der Waals surface area contributed by atoms with Crippen molar-refractivity contribution in [1.82, 2.24) is 15.4 Å². The zero-order valence-corrected chi connectivity index (χ0v) is 20.0. The van der Waals surface area contributed by atoms with Crippen LogP contribution < -0.4 is 15.4 Å². The summed E-state index contributed by atoms with van der Waals surface area (Å²) in [4.78, 5) is 39.6. The van der Waals surface area contributed by atoms with Gasteiger partial charge in [0, 0.05) is 32.5 Å². The zero-order valence-electron chi connectivity index (χ0n) is 20.0. The minimum atomic E-state index is -0.438. The Balaban J connectivity index is 1.43.